The minimum atomic E-state index is 0.638. The first-order valence-electron chi connectivity index (χ1n) is 9.67. The van der Waals surface area contributed by atoms with Crippen LogP contribution in [0.15, 0.2) is 78.9 Å². The first kappa shape index (κ1) is 17.5. The summed E-state index contributed by atoms with van der Waals surface area (Å²) in [4.78, 5) is 5.04. The zero-order valence-electron chi connectivity index (χ0n) is 16.2. The lowest BCUT2D eigenvalue weighted by Crippen LogP contribution is -1.98. The molecule has 0 N–H and O–H groups in total. The Labute approximate surface area is 161 Å². The summed E-state index contributed by atoms with van der Waals surface area (Å²) in [5.74, 6) is 0.638. The van der Waals surface area contributed by atoms with E-state index in [1.165, 1.54) is 27.5 Å². The van der Waals surface area contributed by atoms with Gasteiger partial charge in [-0.2, -0.15) is 0 Å². The Morgan fingerprint density at radius 3 is 2.00 bits per heavy atom. The monoisotopic (exact) mass is 351 g/mol. The van der Waals surface area contributed by atoms with Crippen LogP contribution in [0.4, 0.5) is 0 Å². The smallest absolute Gasteiger partial charge is 0.0789 e. The molecule has 1 aromatic heterocycles. The van der Waals surface area contributed by atoms with Gasteiger partial charge in [-0.25, -0.2) is 0 Å². The molecule has 4 aromatic rings. The molecule has 0 aliphatic rings. The van der Waals surface area contributed by atoms with Gasteiger partial charge in [-0.1, -0.05) is 92.7 Å². The highest BCUT2D eigenvalue weighted by atomic mass is 14.7. The van der Waals surface area contributed by atoms with Crippen LogP contribution < -0.4 is 0 Å². The maximum Gasteiger partial charge on any atom is 0.0789 e. The van der Waals surface area contributed by atoms with Crippen LogP contribution in [-0.4, -0.2) is 4.98 Å². The number of benzene rings is 3. The summed E-state index contributed by atoms with van der Waals surface area (Å²) in [5, 5.41) is 2.53. The maximum absolute atomic E-state index is 5.04. The van der Waals surface area contributed by atoms with Gasteiger partial charge in [0.1, 0.15) is 0 Å². The van der Waals surface area contributed by atoms with Gasteiger partial charge < -0.3 is 0 Å². The Hall–Kier alpha value is -2.93. The molecule has 0 saturated heterocycles. The molecule has 0 amide bonds. The van der Waals surface area contributed by atoms with Gasteiger partial charge >= 0.3 is 0 Å². The molecule has 1 nitrogen and oxygen atoms in total. The van der Waals surface area contributed by atoms with Gasteiger partial charge in [0.25, 0.3) is 0 Å². The molecule has 1 heteroatoms. The first-order chi connectivity index (χ1) is 13.1. The van der Waals surface area contributed by atoms with Crippen molar-refractivity contribution in [2.24, 2.45) is 5.92 Å². The Morgan fingerprint density at radius 1 is 0.741 bits per heavy atom. The number of aryl methyl sites for hydroxylation is 1. The standard InChI is InChI=1S/C26H25N/c1-18(2)16-20-14-15-23-19(3)27-26(22-12-8-5-9-13-22)25(24(23)17-20)21-10-6-4-7-11-21/h4-15,17-18H,16H2,1-3H3. The minimum absolute atomic E-state index is 0.638. The third-order valence-electron chi connectivity index (χ3n) is 5.01. The Kier molecular flexibility index (Phi) is 4.77. The van der Waals surface area contributed by atoms with Crippen molar-refractivity contribution in [3.63, 3.8) is 0 Å². The van der Waals surface area contributed by atoms with Crippen LogP contribution in [0, 0.1) is 12.8 Å². The molecule has 0 bridgehead atoms. The van der Waals surface area contributed by atoms with Crippen LogP contribution in [0.1, 0.15) is 25.1 Å². The van der Waals surface area contributed by atoms with Gasteiger partial charge in [0, 0.05) is 22.2 Å². The average Bonchev–Trinajstić information content (AvgIpc) is 2.68. The number of fused-ring (bicyclic) bond motifs is 1. The van der Waals surface area contributed by atoms with E-state index >= 15 is 0 Å². The number of pyridine rings is 1. The highest BCUT2D eigenvalue weighted by Crippen LogP contribution is 2.38. The zero-order chi connectivity index (χ0) is 18.8. The summed E-state index contributed by atoms with van der Waals surface area (Å²) in [6, 6.07) is 28.1. The Balaban J connectivity index is 2.07. The molecule has 0 unspecified atom stereocenters. The fourth-order valence-corrected chi connectivity index (χ4v) is 3.83. The molecule has 0 aliphatic heterocycles. The van der Waals surface area contributed by atoms with Crippen LogP contribution in [-0.2, 0) is 6.42 Å². The van der Waals surface area contributed by atoms with Crippen molar-refractivity contribution in [1.82, 2.24) is 4.98 Å². The quantitative estimate of drug-likeness (QED) is 0.383. The van der Waals surface area contributed by atoms with E-state index in [1.807, 2.05) is 0 Å². The Bertz CT molecular complexity index is 1060. The molecule has 3 aromatic carbocycles. The van der Waals surface area contributed by atoms with Gasteiger partial charge in [-0.15, -0.1) is 0 Å². The van der Waals surface area contributed by atoms with Crippen molar-refractivity contribution in [1.29, 1.82) is 0 Å². The second-order valence-electron chi connectivity index (χ2n) is 7.63. The largest absolute Gasteiger partial charge is 0.252 e. The molecule has 1 heterocycles. The molecule has 0 fully saturated rings. The SMILES string of the molecule is Cc1nc(-c2ccccc2)c(-c2ccccc2)c2cc(CC(C)C)ccc12. The normalized spacial score (nSPS) is 11.3. The van der Waals surface area contributed by atoms with Crippen molar-refractivity contribution < 1.29 is 0 Å². The van der Waals surface area contributed by atoms with Crippen molar-refractivity contribution >= 4 is 10.8 Å². The average molecular weight is 351 g/mol. The third kappa shape index (κ3) is 3.50. The molecule has 0 radical (unpaired) electrons. The molecular formula is C26H25N. The van der Waals surface area contributed by atoms with Gasteiger partial charge in [0.15, 0.2) is 0 Å². The topological polar surface area (TPSA) is 12.9 Å². The lowest BCUT2D eigenvalue weighted by atomic mass is 9.91. The van der Waals surface area contributed by atoms with Crippen LogP contribution in [0.25, 0.3) is 33.2 Å². The van der Waals surface area contributed by atoms with E-state index in [0.717, 1.165) is 23.4 Å². The van der Waals surface area contributed by atoms with Crippen molar-refractivity contribution in [2.45, 2.75) is 27.2 Å². The van der Waals surface area contributed by atoms with E-state index in [-0.39, 0.29) is 0 Å². The fraction of sp³-hybridized carbons (Fsp3) is 0.192. The third-order valence-corrected chi connectivity index (χ3v) is 5.01. The molecule has 4 rings (SSSR count). The number of aromatic nitrogens is 1. The number of hydrogen-bond donors (Lipinski definition) is 0. The van der Waals surface area contributed by atoms with Crippen LogP contribution in [0.5, 0.6) is 0 Å². The van der Waals surface area contributed by atoms with E-state index in [4.69, 9.17) is 4.98 Å². The summed E-state index contributed by atoms with van der Waals surface area (Å²) < 4.78 is 0. The predicted molar refractivity (Wildman–Crippen MR) is 116 cm³/mol. The lowest BCUT2D eigenvalue weighted by Gasteiger charge is -2.16. The van der Waals surface area contributed by atoms with Gasteiger partial charge in [-0.05, 0) is 35.8 Å². The highest BCUT2D eigenvalue weighted by molar-refractivity contribution is 6.03. The highest BCUT2D eigenvalue weighted by Gasteiger charge is 2.16. The van der Waals surface area contributed by atoms with E-state index < -0.39 is 0 Å². The Morgan fingerprint density at radius 2 is 1.37 bits per heavy atom. The summed E-state index contributed by atoms with van der Waals surface area (Å²) in [6.45, 7) is 6.66. The van der Waals surface area contributed by atoms with Gasteiger partial charge in [0.05, 0.1) is 5.69 Å². The van der Waals surface area contributed by atoms with Crippen LogP contribution in [0.2, 0.25) is 0 Å². The molecular weight excluding hydrogens is 326 g/mol. The summed E-state index contributed by atoms with van der Waals surface area (Å²) >= 11 is 0. The predicted octanol–water partition coefficient (Wildman–Crippen LogP) is 7.08. The van der Waals surface area contributed by atoms with E-state index in [9.17, 15) is 0 Å². The zero-order valence-corrected chi connectivity index (χ0v) is 16.2. The summed E-state index contributed by atoms with van der Waals surface area (Å²) in [5.41, 5.74) is 7.14. The number of nitrogens with zero attached hydrogens (tertiary/aromatic N) is 1. The van der Waals surface area contributed by atoms with Crippen LogP contribution in [0.3, 0.4) is 0 Å². The fourth-order valence-electron chi connectivity index (χ4n) is 3.83. The van der Waals surface area contributed by atoms with Crippen molar-refractivity contribution in [2.75, 3.05) is 0 Å². The summed E-state index contributed by atoms with van der Waals surface area (Å²) in [6.07, 6.45) is 1.09. The molecule has 134 valence electrons. The minimum Gasteiger partial charge on any atom is -0.252 e. The molecule has 0 aliphatic carbocycles. The van der Waals surface area contributed by atoms with Crippen LogP contribution >= 0.6 is 0 Å². The van der Waals surface area contributed by atoms with E-state index in [1.54, 1.807) is 0 Å². The summed E-state index contributed by atoms with van der Waals surface area (Å²) in [7, 11) is 0. The molecule has 0 saturated carbocycles. The maximum atomic E-state index is 5.04. The number of hydrogen-bond acceptors (Lipinski definition) is 1. The molecule has 27 heavy (non-hydrogen) atoms. The lowest BCUT2D eigenvalue weighted by molar-refractivity contribution is 0.648. The van der Waals surface area contributed by atoms with E-state index in [0.29, 0.717) is 5.92 Å². The molecule has 0 atom stereocenters. The second-order valence-corrected chi connectivity index (χ2v) is 7.63. The van der Waals surface area contributed by atoms with Crippen molar-refractivity contribution in [3.05, 3.63) is 90.1 Å². The van der Waals surface area contributed by atoms with Gasteiger partial charge in [0.2, 0.25) is 0 Å². The van der Waals surface area contributed by atoms with Gasteiger partial charge in [-0.3, -0.25) is 4.98 Å². The first-order valence-corrected chi connectivity index (χ1v) is 9.67. The second kappa shape index (κ2) is 7.36. The molecule has 0 spiro atoms. The van der Waals surface area contributed by atoms with Crippen molar-refractivity contribution in [3.8, 4) is 22.4 Å². The van der Waals surface area contributed by atoms with E-state index in [2.05, 4.69) is 99.6 Å². The number of rotatable bonds is 4.